The molecule has 4 rings (SSSR count). The molecule has 0 aliphatic carbocycles. The fraction of sp³-hybridized carbons (Fsp3) is 0.353. The topological polar surface area (TPSA) is 46.8 Å². The van der Waals surface area contributed by atoms with Gasteiger partial charge in [0.05, 0.1) is 29.0 Å². The number of anilines is 1. The zero-order valence-electron chi connectivity index (χ0n) is 12.9. The maximum Gasteiger partial charge on any atom is 0.150 e. The minimum atomic E-state index is 0.418. The smallest absolute Gasteiger partial charge is 0.150 e. The van der Waals surface area contributed by atoms with Crippen LogP contribution in [0.3, 0.4) is 0 Å². The normalized spacial score (nSPS) is 18.3. The van der Waals surface area contributed by atoms with Crippen molar-refractivity contribution in [3.05, 3.63) is 47.9 Å². The predicted octanol–water partition coefficient (Wildman–Crippen LogP) is 2.89. The first kappa shape index (κ1) is 13.2. The summed E-state index contributed by atoms with van der Waals surface area (Å²) in [6, 6.07) is 8.47. The summed E-state index contributed by atoms with van der Waals surface area (Å²) in [4.78, 5) is 11.8. The summed E-state index contributed by atoms with van der Waals surface area (Å²) in [5, 5.41) is 4.45. The Bertz CT molecular complexity index is 823. The maximum atomic E-state index is 4.82. The number of hydrogen-bond donors (Lipinski definition) is 0. The Labute approximate surface area is 129 Å². The van der Waals surface area contributed by atoms with Crippen molar-refractivity contribution >= 4 is 16.9 Å². The van der Waals surface area contributed by atoms with E-state index in [4.69, 9.17) is 9.97 Å². The van der Waals surface area contributed by atoms with Gasteiger partial charge in [-0.1, -0.05) is 12.1 Å². The molecule has 0 N–H and O–H groups in total. The fourth-order valence-electron chi connectivity index (χ4n) is 3.16. The lowest BCUT2D eigenvalue weighted by atomic mass is 10.2. The van der Waals surface area contributed by atoms with E-state index in [1.807, 2.05) is 37.4 Å². The SMILES string of the molecule is Cc1cnn(C2CCN(c3nc4ccccc4nc3C)C2)c1. The Morgan fingerprint density at radius 1 is 1.09 bits per heavy atom. The van der Waals surface area contributed by atoms with Crippen molar-refractivity contribution < 1.29 is 0 Å². The molecule has 0 saturated carbocycles. The lowest BCUT2D eigenvalue weighted by Crippen LogP contribution is -2.23. The largest absolute Gasteiger partial charge is 0.353 e. The van der Waals surface area contributed by atoms with Gasteiger partial charge in [-0.05, 0) is 38.0 Å². The van der Waals surface area contributed by atoms with Gasteiger partial charge in [-0.2, -0.15) is 5.10 Å². The van der Waals surface area contributed by atoms with E-state index in [-0.39, 0.29) is 0 Å². The van der Waals surface area contributed by atoms with Gasteiger partial charge < -0.3 is 4.90 Å². The summed E-state index contributed by atoms with van der Waals surface area (Å²) in [6.07, 6.45) is 5.13. The van der Waals surface area contributed by atoms with Crippen molar-refractivity contribution in [2.24, 2.45) is 0 Å². The average molecular weight is 293 g/mol. The van der Waals surface area contributed by atoms with E-state index in [0.29, 0.717) is 6.04 Å². The van der Waals surface area contributed by atoms with Crippen molar-refractivity contribution in [2.75, 3.05) is 18.0 Å². The molecule has 1 fully saturated rings. The molecule has 0 radical (unpaired) electrons. The molecule has 0 bridgehead atoms. The molecule has 3 aromatic rings. The molecule has 1 unspecified atom stereocenters. The van der Waals surface area contributed by atoms with Crippen LogP contribution in [0, 0.1) is 13.8 Å². The van der Waals surface area contributed by atoms with Gasteiger partial charge in [-0.3, -0.25) is 4.68 Å². The summed E-state index contributed by atoms with van der Waals surface area (Å²) in [5.41, 5.74) is 4.12. The highest BCUT2D eigenvalue weighted by molar-refractivity contribution is 5.76. The van der Waals surface area contributed by atoms with Crippen LogP contribution in [0.2, 0.25) is 0 Å². The molecule has 2 aromatic heterocycles. The van der Waals surface area contributed by atoms with Crippen LogP contribution in [-0.4, -0.2) is 32.8 Å². The molecule has 5 nitrogen and oxygen atoms in total. The van der Waals surface area contributed by atoms with Gasteiger partial charge in [0, 0.05) is 19.3 Å². The van der Waals surface area contributed by atoms with Crippen LogP contribution in [0.4, 0.5) is 5.82 Å². The minimum Gasteiger partial charge on any atom is -0.353 e. The second kappa shape index (κ2) is 5.09. The number of para-hydroxylation sites is 2. The second-order valence-electron chi connectivity index (χ2n) is 6.01. The highest BCUT2D eigenvalue weighted by Crippen LogP contribution is 2.28. The third-order valence-electron chi connectivity index (χ3n) is 4.29. The van der Waals surface area contributed by atoms with Crippen molar-refractivity contribution in [1.82, 2.24) is 19.7 Å². The predicted molar refractivity (Wildman–Crippen MR) is 87.1 cm³/mol. The summed E-state index contributed by atoms with van der Waals surface area (Å²) >= 11 is 0. The fourth-order valence-corrected chi connectivity index (χ4v) is 3.16. The maximum absolute atomic E-state index is 4.82. The van der Waals surface area contributed by atoms with Crippen LogP contribution in [0.1, 0.15) is 23.7 Å². The van der Waals surface area contributed by atoms with E-state index in [2.05, 4.69) is 27.8 Å². The molecular weight excluding hydrogens is 274 g/mol. The summed E-state index contributed by atoms with van der Waals surface area (Å²) in [5.74, 6) is 1.00. The molecule has 112 valence electrons. The average Bonchev–Trinajstić information content (AvgIpc) is 3.15. The van der Waals surface area contributed by atoms with Crippen LogP contribution in [0.25, 0.3) is 11.0 Å². The van der Waals surface area contributed by atoms with Crippen molar-refractivity contribution in [3.8, 4) is 0 Å². The van der Waals surface area contributed by atoms with Gasteiger partial charge in [0.25, 0.3) is 0 Å². The highest BCUT2D eigenvalue weighted by atomic mass is 15.3. The Morgan fingerprint density at radius 2 is 1.86 bits per heavy atom. The van der Waals surface area contributed by atoms with Crippen LogP contribution in [0.5, 0.6) is 0 Å². The van der Waals surface area contributed by atoms with E-state index >= 15 is 0 Å². The lowest BCUT2D eigenvalue weighted by Gasteiger charge is -2.19. The van der Waals surface area contributed by atoms with Gasteiger partial charge >= 0.3 is 0 Å². The molecule has 1 atom stereocenters. The molecule has 5 heteroatoms. The summed E-state index contributed by atoms with van der Waals surface area (Å²) < 4.78 is 2.08. The van der Waals surface area contributed by atoms with Crippen LogP contribution < -0.4 is 4.90 Å². The summed E-state index contributed by atoms with van der Waals surface area (Å²) in [7, 11) is 0. The Hall–Kier alpha value is -2.43. The molecule has 1 aromatic carbocycles. The first-order chi connectivity index (χ1) is 10.7. The van der Waals surface area contributed by atoms with Gasteiger partial charge in [0.2, 0.25) is 0 Å². The Morgan fingerprint density at radius 3 is 2.59 bits per heavy atom. The minimum absolute atomic E-state index is 0.418. The Kier molecular flexibility index (Phi) is 3.06. The number of hydrogen-bond acceptors (Lipinski definition) is 4. The number of aromatic nitrogens is 4. The van der Waals surface area contributed by atoms with Crippen LogP contribution in [-0.2, 0) is 0 Å². The van der Waals surface area contributed by atoms with Gasteiger partial charge in [0.1, 0.15) is 0 Å². The van der Waals surface area contributed by atoms with Gasteiger partial charge in [0.15, 0.2) is 5.82 Å². The molecule has 3 heterocycles. The van der Waals surface area contributed by atoms with E-state index in [9.17, 15) is 0 Å². The molecule has 1 aliphatic heterocycles. The lowest BCUT2D eigenvalue weighted by molar-refractivity contribution is 0.494. The standard InChI is InChI=1S/C17H19N5/c1-12-9-18-22(10-12)14-7-8-21(11-14)17-13(2)19-15-5-3-4-6-16(15)20-17/h3-6,9-10,14H,7-8,11H2,1-2H3. The molecular formula is C17H19N5. The highest BCUT2D eigenvalue weighted by Gasteiger charge is 2.26. The Balaban J connectivity index is 1.64. The zero-order valence-corrected chi connectivity index (χ0v) is 12.9. The quantitative estimate of drug-likeness (QED) is 0.729. The van der Waals surface area contributed by atoms with E-state index < -0.39 is 0 Å². The monoisotopic (exact) mass is 293 g/mol. The molecule has 22 heavy (non-hydrogen) atoms. The third kappa shape index (κ3) is 2.22. The summed E-state index contributed by atoms with van der Waals surface area (Å²) in [6.45, 7) is 6.06. The number of aryl methyl sites for hydroxylation is 2. The van der Waals surface area contributed by atoms with E-state index in [1.165, 1.54) is 5.56 Å². The molecule has 1 saturated heterocycles. The van der Waals surface area contributed by atoms with Crippen molar-refractivity contribution in [2.45, 2.75) is 26.3 Å². The first-order valence-electron chi connectivity index (χ1n) is 7.70. The molecule has 1 aliphatic rings. The number of nitrogens with zero attached hydrogens (tertiary/aromatic N) is 5. The van der Waals surface area contributed by atoms with Gasteiger partial charge in [-0.25, -0.2) is 9.97 Å². The third-order valence-corrected chi connectivity index (χ3v) is 4.29. The molecule has 0 amide bonds. The zero-order chi connectivity index (χ0) is 15.1. The van der Waals surface area contributed by atoms with Gasteiger partial charge in [-0.15, -0.1) is 0 Å². The van der Waals surface area contributed by atoms with Crippen molar-refractivity contribution in [1.29, 1.82) is 0 Å². The molecule has 0 spiro atoms. The van der Waals surface area contributed by atoms with E-state index in [1.54, 1.807) is 0 Å². The first-order valence-corrected chi connectivity index (χ1v) is 7.70. The number of rotatable bonds is 2. The number of fused-ring (bicyclic) bond motifs is 1. The van der Waals surface area contributed by atoms with E-state index in [0.717, 1.165) is 42.1 Å². The number of benzene rings is 1. The van der Waals surface area contributed by atoms with Crippen LogP contribution >= 0.6 is 0 Å². The van der Waals surface area contributed by atoms with Crippen molar-refractivity contribution in [3.63, 3.8) is 0 Å². The van der Waals surface area contributed by atoms with Crippen LogP contribution in [0.15, 0.2) is 36.7 Å². The second-order valence-corrected chi connectivity index (χ2v) is 6.01.